The third-order valence-corrected chi connectivity index (χ3v) is 11.2. The van der Waals surface area contributed by atoms with Gasteiger partial charge in [-0.1, -0.05) is 24.3 Å². The van der Waals surface area contributed by atoms with Crippen molar-refractivity contribution < 1.29 is 16.8 Å². The molecule has 5 nitrogen and oxygen atoms in total. The van der Waals surface area contributed by atoms with E-state index in [1.807, 2.05) is 12.1 Å². The van der Waals surface area contributed by atoms with Crippen LogP contribution in [-0.2, 0) is 32.7 Å². The minimum Gasteiger partial charge on any atom is -0.223 e. The summed E-state index contributed by atoms with van der Waals surface area (Å²) in [5, 5.41) is -0.521. The highest BCUT2D eigenvalue weighted by Gasteiger charge is 2.50. The van der Waals surface area contributed by atoms with Gasteiger partial charge in [-0.25, -0.2) is 16.8 Å². The molecule has 0 saturated carbocycles. The summed E-state index contributed by atoms with van der Waals surface area (Å²) < 4.78 is 55.0. The van der Waals surface area contributed by atoms with Crippen molar-refractivity contribution in [1.29, 1.82) is 0 Å². The second-order valence-corrected chi connectivity index (χ2v) is 12.9. The number of piperidine rings is 1. The molecule has 7 heteroatoms. The Bertz CT molecular complexity index is 1140. The molecule has 2 unspecified atom stereocenters. The lowest BCUT2D eigenvalue weighted by molar-refractivity contribution is 0.249. The minimum atomic E-state index is -3.63. The molecule has 2 aromatic rings. The molecule has 30 heavy (non-hydrogen) atoms. The Balaban J connectivity index is 1.43. The van der Waals surface area contributed by atoms with Crippen LogP contribution in [0.1, 0.15) is 49.7 Å². The van der Waals surface area contributed by atoms with Gasteiger partial charge in [-0.15, -0.1) is 0 Å². The average molecular weight is 446 g/mol. The Morgan fingerprint density at radius 1 is 0.733 bits per heavy atom. The number of hydrogen-bond donors (Lipinski definition) is 0. The molecule has 0 N–H and O–H groups in total. The summed E-state index contributed by atoms with van der Waals surface area (Å²) in [5.74, 6) is 0. The van der Waals surface area contributed by atoms with Gasteiger partial charge >= 0.3 is 0 Å². The maximum atomic E-state index is 13.5. The zero-order valence-corrected chi connectivity index (χ0v) is 18.5. The summed E-state index contributed by atoms with van der Waals surface area (Å²) in [4.78, 5) is 0.699. The third kappa shape index (κ3) is 3.31. The molecule has 2 aliphatic heterocycles. The fraction of sp³-hybridized carbons (Fsp3) is 0.478. The molecule has 0 radical (unpaired) electrons. The van der Waals surface area contributed by atoms with E-state index < -0.39 is 25.1 Å². The number of sulfone groups is 1. The van der Waals surface area contributed by atoms with Crippen molar-refractivity contribution in [3.05, 3.63) is 59.7 Å². The Kier molecular flexibility index (Phi) is 5.03. The smallest absolute Gasteiger partial charge is 0.223 e. The van der Waals surface area contributed by atoms with Gasteiger partial charge in [-0.2, -0.15) is 4.31 Å². The third-order valence-electron chi connectivity index (χ3n) is 7.03. The first-order chi connectivity index (χ1) is 14.4. The van der Waals surface area contributed by atoms with Crippen LogP contribution in [0, 0.1) is 0 Å². The lowest BCUT2D eigenvalue weighted by atomic mass is 9.92. The number of rotatable bonds is 4. The van der Waals surface area contributed by atoms with Gasteiger partial charge in [-0.05, 0) is 86.8 Å². The van der Waals surface area contributed by atoms with Crippen molar-refractivity contribution in [3.8, 4) is 0 Å². The SMILES string of the molecule is O=S(=O)(c1ccccc1)C1CC2CCC(C1)N2S(=O)(=O)c1ccc2c(c1)CCCC2. The average Bonchev–Trinajstić information content (AvgIpc) is 3.04. The van der Waals surface area contributed by atoms with Crippen LogP contribution >= 0.6 is 0 Å². The maximum Gasteiger partial charge on any atom is 0.243 e. The molecular weight excluding hydrogens is 418 g/mol. The predicted octanol–water partition coefficient (Wildman–Crippen LogP) is 3.72. The molecule has 2 saturated heterocycles. The topological polar surface area (TPSA) is 71.5 Å². The molecule has 0 amide bonds. The lowest BCUT2D eigenvalue weighted by Gasteiger charge is -2.37. The Morgan fingerprint density at radius 3 is 2.03 bits per heavy atom. The Morgan fingerprint density at radius 2 is 1.37 bits per heavy atom. The minimum absolute atomic E-state index is 0.242. The first-order valence-electron chi connectivity index (χ1n) is 10.8. The van der Waals surface area contributed by atoms with Gasteiger partial charge in [-0.3, -0.25) is 0 Å². The Labute approximate surface area is 179 Å². The van der Waals surface area contributed by atoms with Crippen molar-refractivity contribution in [3.63, 3.8) is 0 Å². The number of fused-ring (bicyclic) bond motifs is 3. The second-order valence-electron chi connectivity index (χ2n) is 8.81. The van der Waals surface area contributed by atoms with E-state index >= 15 is 0 Å². The second kappa shape index (κ2) is 7.46. The van der Waals surface area contributed by atoms with Gasteiger partial charge in [0.25, 0.3) is 0 Å². The van der Waals surface area contributed by atoms with Crippen molar-refractivity contribution in [2.24, 2.45) is 0 Å². The molecule has 3 aliphatic rings. The monoisotopic (exact) mass is 445 g/mol. The van der Waals surface area contributed by atoms with E-state index in [9.17, 15) is 16.8 Å². The van der Waals surface area contributed by atoms with Crippen molar-refractivity contribution in [2.75, 3.05) is 0 Å². The molecule has 5 rings (SSSR count). The fourth-order valence-corrected chi connectivity index (χ4v) is 9.34. The van der Waals surface area contributed by atoms with Gasteiger partial charge in [0.1, 0.15) is 0 Å². The molecule has 2 heterocycles. The normalized spacial score (nSPS) is 27.0. The van der Waals surface area contributed by atoms with E-state index in [1.54, 1.807) is 40.7 Å². The van der Waals surface area contributed by atoms with Crippen LogP contribution in [0.5, 0.6) is 0 Å². The molecule has 160 valence electrons. The molecule has 2 aromatic carbocycles. The molecule has 2 atom stereocenters. The fourth-order valence-electron chi connectivity index (χ4n) is 5.52. The van der Waals surface area contributed by atoms with Crippen molar-refractivity contribution in [1.82, 2.24) is 4.31 Å². The van der Waals surface area contributed by atoms with Crippen LogP contribution in [0.4, 0.5) is 0 Å². The van der Waals surface area contributed by atoms with E-state index in [0.717, 1.165) is 44.1 Å². The lowest BCUT2D eigenvalue weighted by Crippen LogP contribution is -2.49. The summed E-state index contributed by atoms with van der Waals surface area (Å²) in [6.07, 6.45) is 6.42. The summed E-state index contributed by atoms with van der Waals surface area (Å²) >= 11 is 0. The van der Waals surface area contributed by atoms with Crippen LogP contribution in [0.2, 0.25) is 0 Å². The summed E-state index contributed by atoms with van der Waals surface area (Å²) in [6, 6.07) is 13.6. The summed E-state index contributed by atoms with van der Waals surface area (Å²) in [6.45, 7) is 0. The van der Waals surface area contributed by atoms with Gasteiger partial charge in [0.2, 0.25) is 10.0 Å². The zero-order chi connectivity index (χ0) is 20.9. The van der Waals surface area contributed by atoms with Gasteiger partial charge in [0.05, 0.1) is 15.0 Å². The van der Waals surface area contributed by atoms with Gasteiger partial charge in [0, 0.05) is 12.1 Å². The van der Waals surface area contributed by atoms with E-state index in [1.165, 1.54) is 5.56 Å². The van der Waals surface area contributed by atoms with Crippen LogP contribution in [0.25, 0.3) is 0 Å². The van der Waals surface area contributed by atoms with Crippen molar-refractivity contribution in [2.45, 2.75) is 78.5 Å². The van der Waals surface area contributed by atoms with Crippen LogP contribution in [-0.4, -0.2) is 38.5 Å². The van der Waals surface area contributed by atoms with Crippen molar-refractivity contribution >= 4 is 19.9 Å². The molecule has 2 bridgehead atoms. The summed E-state index contributed by atoms with van der Waals surface area (Å²) in [7, 11) is -7.08. The van der Waals surface area contributed by atoms with E-state index in [2.05, 4.69) is 0 Å². The molecule has 0 spiro atoms. The van der Waals surface area contributed by atoms with E-state index in [-0.39, 0.29) is 12.1 Å². The number of nitrogens with zero attached hydrogens (tertiary/aromatic N) is 1. The Hall–Kier alpha value is -1.70. The first-order valence-corrected chi connectivity index (χ1v) is 13.8. The zero-order valence-electron chi connectivity index (χ0n) is 16.9. The molecular formula is C23H27NO4S2. The molecule has 2 fully saturated rings. The number of aryl methyl sites for hydroxylation is 2. The first kappa shape index (κ1) is 20.2. The highest BCUT2D eigenvalue weighted by molar-refractivity contribution is 7.92. The number of sulfonamides is 1. The number of benzene rings is 2. The van der Waals surface area contributed by atoms with Crippen LogP contribution in [0.15, 0.2) is 58.3 Å². The van der Waals surface area contributed by atoms with E-state index in [4.69, 9.17) is 0 Å². The predicted molar refractivity (Wildman–Crippen MR) is 116 cm³/mol. The van der Waals surface area contributed by atoms with Crippen LogP contribution < -0.4 is 0 Å². The van der Waals surface area contributed by atoms with E-state index in [0.29, 0.717) is 22.6 Å². The summed E-state index contributed by atoms with van der Waals surface area (Å²) in [5.41, 5.74) is 2.41. The quantitative estimate of drug-likeness (QED) is 0.719. The largest absolute Gasteiger partial charge is 0.243 e. The maximum absolute atomic E-state index is 13.5. The highest BCUT2D eigenvalue weighted by Crippen LogP contribution is 2.43. The van der Waals surface area contributed by atoms with Gasteiger partial charge in [0.15, 0.2) is 9.84 Å². The molecule has 1 aliphatic carbocycles. The van der Waals surface area contributed by atoms with Gasteiger partial charge < -0.3 is 0 Å². The highest BCUT2D eigenvalue weighted by atomic mass is 32.2. The standard InChI is InChI=1S/C23H27NO4S2/c25-29(26,21-8-2-1-3-9-21)23-15-19-11-12-20(16-23)24(19)30(27,28)22-13-10-17-6-4-5-7-18(17)14-22/h1-3,8-10,13-14,19-20,23H,4-7,11-12,15-16H2. The molecule has 0 aromatic heterocycles. The number of hydrogen-bond acceptors (Lipinski definition) is 4. The van der Waals surface area contributed by atoms with Crippen LogP contribution in [0.3, 0.4) is 0 Å².